The SMILES string of the molecule is CC1C=C(O)[C@@](O)(C(C)C)CC1. The molecule has 70 valence electrons. The van der Waals surface area contributed by atoms with E-state index >= 15 is 0 Å². The van der Waals surface area contributed by atoms with Crippen LogP contribution >= 0.6 is 0 Å². The lowest BCUT2D eigenvalue weighted by molar-refractivity contribution is -0.0242. The molecule has 0 amide bonds. The van der Waals surface area contributed by atoms with Gasteiger partial charge >= 0.3 is 0 Å². The van der Waals surface area contributed by atoms with Crippen LogP contribution < -0.4 is 0 Å². The van der Waals surface area contributed by atoms with E-state index in [1.807, 2.05) is 13.8 Å². The van der Waals surface area contributed by atoms with Gasteiger partial charge in [0.2, 0.25) is 0 Å². The highest BCUT2D eigenvalue weighted by Crippen LogP contribution is 2.35. The molecule has 0 spiro atoms. The molecule has 0 fully saturated rings. The molecule has 2 N–H and O–H groups in total. The van der Waals surface area contributed by atoms with Gasteiger partial charge in [0.15, 0.2) is 0 Å². The van der Waals surface area contributed by atoms with E-state index in [1.54, 1.807) is 6.08 Å². The van der Waals surface area contributed by atoms with Crippen LogP contribution in [-0.4, -0.2) is 15.8 Å². The largest absolute Gasteiger partial charge is 0.510 e. The first-order valence-electron chi connectivity index (χ1n) is 4.60. The molecule has 1 unspecified atom stereocenters. The van der Waals surface area contributed by atoms with Crippen molar-refractivity contribution in [2.24, 2.45) is 11.8 Å². The van der Waals surface area contributed by atoms with Crippen LogP contribution in [0.4, 0.5) is 0 Å². The molecule has 2 atom stereocenters. The summed E-state index contributed by atoms with van der Waals surface area (Å²) in [4.78, 5) is 0. The Balaban J connectivity index is 2.87. The van der Waals surface area contributed by atoms with E-state index < -0.39 is 5.60 Å². The van der Waals surface area contributed by atoms with Crippen LogP contribution in [0.15, 0.2) is 11.8 Å². The number of aliphatic hydroxyl groups excluding tert-OH is 1. The van der Waals surface area contributed by atoms with Crippen molar-refractivity contribution in [2.75, 3.05) is 0 Å². The Morgan fingerprint density at radius 2 is 2.17 bits per heavy atom. The van der Waals surface area contributed by atoms with Gasteiger partial charge in [-0.05, 0) is 30.8 Å². The fourth-order valence-corrected chi connectivity index (χ4v) is 1.66. The molecule has 1 aliphatic carbocycles. The molecule has 12 heavy (non-hydrogen) atoms. The fourth-order valence-electron chi connectivity index (χ4n) is 1.66. The highest BCUT2D eigenvalue weighted by molar-refractivity contribution is 5.14. The minimum atomic E-state index is -0.966. The average molecular weight is 170 g/mol. The lowest BCUT2D eigenvalue weighted by Gasteiger charge is -2.35. The molecule has 0 heterocycles. The van der Waals surface area contributed by atoms with E-state index in [2.05, 4.69) is 6.92 Å². The monoisotopic (exact) mass is 170 g/mol. The van der Waals surface area contributed by atoms with Crippen molar-refractivity contribution in [3.8, 4) is 0 Å². The summed E-state index contributed by atoms with van der Waals surface area (Å²) in [6.07, 6.45) is 3.40. The van der Waals surface area contributed by atoms with Gasteiger partial charge in [-0.2, -0.15) is 0 Å². The first-order chi connectivity index (χ1) is 5.47. The topological polar surface area (TPSA) is 40.5 Å². The third-order valence-corrected chi connectivity index (χ3v) is 2.82. The van der Waals surface area contributed by atoms with E-state index in [-0.39, 0.29) is 11.7 Å². The second-order valence-corrected chi connectivity index (χ2v) is 4.15. The molecule has 0 radical (unpaired) electrons. The van der Waals surface area contributed by atoms with E-state index in [9.17, 15) is 10.2 Å². The predicted octanol–water partition coefficient (Wildman–Crippen LogP) is 2.25. The molecule has 1 aliphatic rings. The van der Waals surface area contributed by atoms with Crippen molar-refractivity contribution < 1.29 is 10.2 Å². The fraction of sp³-hybridized carbons (Fsp3) is 0.800. The number of hydrogen-bond acceptors (Lipinski definition) is 2. The first kappa shape index (κ1) is 9.59. The summed E-state index contributed by atoms with van der Waals surface area (Å²) in [6, 6.07) is 0. The Kier molecular flexibility index (Phi) is 2.47. The third kappa shape index (κ3) is 1.48. The minimum Gasteiger partial charge on any atom is -0.510 e. The predicted molar refractivity (Wildman–Crippen MR) is 48.9 cm³/mol. The zero-order valence-corrected chi connectivity index (χ0v) is 8.04. The van der Waals surface area contributed by atoms with Crippen LogP contribution in [0, 0.1) is 11.8 Å². The molecule has 0 saturated carbocycles. The number of rotatable bonds is 1. The van der Waals surface area contributed by atoms with Gasteiger partial charge in [0.1, 0.15) is 11.4 Å². The van der Waals surface area contributed by atoms with Crippen LogP contribution in [0.1, 0.15) is 33.6 Å². The van der Waals surface area contributed by atoms with Crippen LogP contribution in [0.5, 0.6) is 0 Å². The van der Waals surface area contributed by atoms with Crippen molar-refractivity contribution in [3.05, 3.63) is 11.8 Å². The second-order valence-electron chi connectivity index (χ2n) is 4.15. The van der Waals surface area contributed by atoms with Crippen molar-refractivity contribution >= 4 is 0 Å². The molecular formula is C10H18O2. The lowest BCUT2D eigenvalue weighted by atomic mass is 9.77. The maximum absolute atomic E-state index is 10.0. The third-order valence-electron chi connectivity index (χ3n) is 2.82. The van der Waals surface area contributed by atoms with Gasteiger partial charge < -0.3 is 10.2 Å². The van der Waals surface area contributed by atoms with Gasteiger partial charge in [-0.3, -0.25) is 0 Å². The Bertz CT molecular complexity index is 196. The van der Waals surface area contributed by atoms with Gasteiger partial charge in [0.05, 0.1) is 0 Å². The minimum absolute atomic E-state index is 0.0845. The Hall–Kier alpha value is -0.500. The van der Waals surface area contributed by atoms with Gasteiger partial charge in [0, 0.05) is 0 Å². The van der Waals surface area contributed by atoms with Gasteiger partial charge in [-0.15, -0.1) is 0 Å². The molecule has 0 aliphatic heterocycles. The highest BCUT2D eigenvalue weighted by Gasteiger charge is 2.38. The maximum atomic E-state index is 10.0. The molecule has 2 nitrogen and oxygen atoms in total. The quantitative estimate of drug-likeness (QED) is 0.633. The summed E-state index contributed by atoms with van der Waals surface area (Å²) in [5.41, 5.74) is -0.966. The smallest absolute Gasteiger partial charge is 0.123 e. The van der Waals surface area contributed by atoms with Gasteiger partial charge in [-0.25, -0.2) is 0 Å². The van der Waals surface area contributed by atoms with Crippen LogP contribution in [0.3, 0.4) is 0 Å². The summed E-state index contributed by atoms with van der Waals surface area (Å²) < 4.78 is 0. The molecule has 0 saturated heterocycles. The molecule has 0 aromatic heterocycles. The van der Waals surface area contributed by atoms with Crippen LogP contribution in [-0.2, 0) is 0 Å². The van der Waals surface area contributed by atoms with E-state index in [1.165, 1.54) is 0 Å². The van der Waals surface area contributed by atoms with Crippen molar-refractivity contribution in [1.82, 2.24) is 0 Å². The number of allylic oxidation sites excluding steroid dienone is 1. The Labute approximate surface area is 73.9 Å². The van der Waals surface area contributed by atoms with E-state index in [4.69, 9.17) is 0 Å². The van der Waals surface area contributed by atoms with Crippen LogP contribution in [0.25, 0.3) is 0 Å². The second kappa shape index (κ2) is 3.09. The lowest BCUT2D eigenvalue weighted by Crippen LogP contribution is -2.40. The summed E-state index contributed by atoms with van der Waals surface area (Å²) in [5.74, 6) is 0.640. The van der Waals surface area contributed by atoms with Crippen molar-refractivity contribution in [1.29, 1.82) is 0 Å². The summed E-state index contributed by atoms with van der Waals surface area (Å²) in [5, 5.41) is 19.6. The molecule has 0 aromatic carbocycles. The summed E-state index contributed by atoms with van der Waals surface area (Å²) in [6.45, 7) is 5.91. The normalized spacial score (nSPS) is 36.8. The van der Waals surface area contributed by atoms with Gasteiger partial charge in [-0.1, -0.05) is 20.8 Å². The maximum Gasteiger partial charge on any atom is 0.123 e. The molecular weight excluding hydrogens is 152 g/mol. The van der Waals surface area contributed by atoms with Crippen molar-refractivity contribution in [2.45, 2.75) is 39.2 Å². The summed E-state index contributed by atoms with van der Waals surface area (Å²) >= 11 is 0. The molecule has 0 bridgehead atoms. The van der Waals surface area contributed by atoms with E-state index in [0.29, 0.717) is 12.3 Å². The Morgan fingerprint density at radius 3 is 2.58 bits per heavy atom. The standard InChI is InChI=1S/C10H18O2/c1-7(2)10(12)5-4-8(3)6-9(10)11/h6-8,11-12H,4-5H2,1-3H3/t8?,10-/m0/s1. The molecule has 0 aromatic rings. The molecule has 1 rings (SSSR count). The van der Waals surface area contributed by atoms with Crippen molar-refractivity contribution in [3.63, 3.8) is 0 Å². The highest BCUT2D eigenvalue weighted by atomic mass is 16.3. The first-order valence-corrected chi connectivity index (χ1v) is 4.60. The number of aliphatic hydroxyl groups is 2. The molecule has 2 heteroatoms. The van der Waals surface area contributed by atoms with Crippen LogP contribution in [0.2, 0.25) is 0 Å². The zero-order chi connectivity index (χ0) is 9.35. The van der Waals surface area contributed by atoms with E-state index in [0.717, 1.165) is 6.42 Å². The zero-order valence-electron chi connectivity index (χ0n) is 8.04. The average Bonchev–Trinajstić information content (AvgIpc) is 1.97. The number of hydrogen-bond donors (Lipinski definition) is 2. The Morgan fingerprint density at radius 1 is 1.58 bits per heavy atom. The van der Waals surface area contributed by atoms with Gasteiger partial charge in [0.25, 0.3) is 0 Å². The summed E-state index contributed by atoms with van der Waals surface area (Å²) in [7, 11) is 0.